The number of carbonyl (C=O) groups is 4. The highest BCUT2D eigenvalue weighted by Gasteiger charge is 2.30. The highest BCUT2D eigenvalue weighted by molar-refractivity contribution is 7.47. The Morgan fingerprint density at radius 1 is 0.321 bits per heavy atom. The Balaban J connectivity index is 5.23. The molecule has 0 saturated heterocycles. The van der Waals surface area contributed by atoms with Gasteiger partial charge >= 0.3 is 39.5 Å². The number of esters is 4. The van der Waals surface area contributed by atoms with Gasteiger partial charge in [-0.2, -0.15) is 0 Å². The molecule has 0 aliphatic heterocycles. The van der Waals surface area contributed by atoms with Gasteiger partial charge in [0.05, 0.1) is 26.4 Å². The fraction of sp³-hybridized carbons (Fsp3) is 0.938. The van der Waals surface area contributed by atoms with Crippen LogP contribution in [0.3, 0.4) is 0 Å². The van der Waals surface area contributed by atoms with Crippen LogP contribution in [0.2, 0.25) is 0 Å². The van der Waals surface area contributed by atoms with Crippen LogP contribution in [-0.4, -0.2) is 96.7 Å². The normalized spacial score (nSPS) is 14.3. The number of unbranched alkanes of at least 4 members (excludes halogenated alkanes) is 34. The van der Waals surface area contributed by atoms with Crippen molar-refractivity contribution in [1.82, 2.24) is 0 Å². The van der Waals surface area contributed by atoms with E-state index in [-0.39, 0.29) is 25.7 Å². The molecule has 498 valence electrons. The molecule has 84 heavy (non-hydrogen) atoms. The summed E-state index contributed by atoms with van der Waals surface area (Å²) < 4.78 is 68.0. The van der Waals surface area contributed by atoms with Crippen LogP contribution in [0.15, 0.2) is 0 Å². The minimum atomic E-state index is -4.95. The van der Waals surface area contributed by atoms with Crippen molar-refractivity contribution in [2.45, 2.75) is 342 Å². The van der Waals surface area contributed by atoms with Gasteiger partial charge in [0.25, 0.3) is 0 Å². The van der Waals surface area contributed by atoms with Gasteiger partial charge in [0, 0.05) is 25.7 Å². The van der Waals surface area contributed by atoms with Gasteiger partial charge in [0.1, 0.15) is 19.3 Å². The summed E-state index contributed by atoms with van der Waals surface area (Å²) in [6.45, 7) is 9.45. The fourth-order valence-electron chi connectivity index (χ4n) is 9.71. The third-order valence-corrected chi connectivity index (χ3v) is 16.9. The van der Waals surface area contributed by atoms with Crippen LogP contribution in [0.5, 0.6) is 0 Å². The molecule has 5 atom stereocenters. The Morgan fingerprint density at radius 2 is 0.548 bits per heavy atom. The summed E-state index contributed by atoms with van der Waals surface area (Å²) in [7, 11) is -9.89. The molecule has 2 unspecified atom stereocenters. The average molecular weight is 1240 g/mol. The van der Waals surface area contributed by atoms with Crippen molar-refractivity contribution in [3.8, 4) is 0 Å². The lowest BCUT2D eigenvalue weighted by Gasteiger charge is -2.21. The minimum absolute atomic E-state index is 0.106. The van der Waals surface area contributed by atoms with Gasteiger partial charge in [-0.05, 0) is 37.5 Å². The molecule has 19 heteroatoms. The van der Waals surface area contributed by atoms with Crippen LogP contribution in [0.25, 0.3) is 0 Å². The maximum Gasteiger partial charge on any atom is 0.472 e. The SMILES string of the molecule is CCCCCCCCCCCCC(=O)O[C@H](COC(=O)CCCCCCCCCCC)COP(=O)(O)OC[C@H](O)COP(=O)(O)OC[C@@H](COC(=O)CCCCCCCCCCC(C)C)OC(=O)CCCCCCCCCCCCCC(C)C. The van der Waals surface area contributed by atoms with Crippen molar-refractivity contribution in [2.75, 3.05) is 39.6 Å². The standard InChI is InChI=1S/C65H126O17P2/c1-7-9-11-13-15-17-23-31-37-43-49-64(69)81-60(53-75-62(67)47-41-35-29-21-16-14-12-10-8-2)55-79-83(71,72)77-51-59(66)52-78-84(73,74)80-56-61(54-76-63(68)48-42-36-30-26-25-28-34-40-46-58(5)6)82-65(70)50-44-38-32-24-20-18-19-22-27-33-39-45-57(3)4/h57-61,66H,7-56H2,1-6H3,(H,71,72)(H,73,74)/t59-,60+,61+/m0/s1. The van der Waals surface area contributed by atoms with Gasteiger partial charge in [0.15, 0.2) is 12.2 Å². The van der Waals surface area contributed by atoms with Crippen molar-refractivity contribution >= 4 is 39.5 Å². The molecule has 0 aliphatic carbocycles. The molecular weight excluding hydrogens is 1110 g/mol. The van der Waals surface area contributed by atoms with Gasteiger partial charge in [-0.1, -0.05) is 273 Å². The van der Waals surface area contributed by atoms with E-state index in [2.05, 4.69) is 41.5 Å². The lowest BCUT2D eigenvalue weighted by Crippen LogP contribution is -2.30. The molecule has 0 saturated carbocycles. The van der Waals surface area contributed by atoms with Crippen molar-refractivity contribution < 1.29 is 80.2 Å². The third kappa shape index (κ3) is 59.0. The Hall–Kier alpha value is -1.94. The van der Waals surface area contributed by atoms with Crippen LogP contribution in [-0.2, 0) is 65.4 Å². The number of carbonyl (C=O) groups excluding carboxylic acids is 4. The maximum atomic E-state index is 13.0. The van der Waals surface area contributed by atoms with Gasteiger partial charge < -0.3 is 33.8 Å². The van der Waals surface area contributed by atoms with Crippen molar-refractivity contribution in [3.05, 3.63) is 0 Å². The second-order valence-electron chi connectivity index (χ2n) is 24.5. The predicted octanol–water partition coefficient (Wildman–Crippen LogP) is 18.0. The lowest BCUT2D eigenvalue weighted by molar-refractivity contribution is -0.161. The second-order valence-corrected chi connectivity index (χ2v) is 27.4. The Morgan fingerprint density at radius 3 is 0.810 bits per heavy atom. The van der Waals surface area contributed by atoms with E-state index in [1.54, 1.807) is 0 Å². The molecule has 0 heterocycles. The Kier molecular flexibility index (Phi) is 56.2. The number of rotatable bonds is 64. The number of phosphoric acid groups is 2. The molecule has 0 aromatic heterocycles. The van der Waals surface area contributed by atoms with E-state index in [0.717, 1.165) is 102 Å². The zero-order valence-corrected chi connectivity index (χ0v) is 56.0. The maximum absolute atomic E-state index is 13.0. The van der Waals surface area contributed by atoms with Crippen molar-refractivity contribution in [2.24, 2.45) is 11.8 Å². The molecule has 0 bridgehead atoms. The highest BCUT2D eigenvalue weighted by Crippen LogP contribution is 2.45. The quantitative estimate of drug-likeness (QED) is 0.0222. The number of phosphoric ester groups is 2. The Bertz CT molecular complexity index is 1650. The Labute approximate surface area is 511 Å². The molecule has 0 rings (SSSR count). The summed E-state index contributed by atoms with van der Waals surface area (Å²) in [5.41, 5.74) is 0. The van der Waals surface area contributed by atoms with Gasteiger partial charge in [0.2, 0.25) is 0 Å². The molecule has 17 nitrogen and oxygen atoms in total. The summed E-state index contributed by atoms with van der Waals surface area (Å²) >= 11 is 0. The minimum Gasteiger partial charge on any atom is -0.462 e. The molecular formula is C65H126O17P2. The first-order chi connectivity index (χ1) is 40.4. The van der Waals surface area contributed by atoms with Gasteiger partial charge in [-0.15, -0.1) is 0 Å². The van der Waals surface area contributed by atoms with E-state index in [1.165, 1.54) is 141 Å². The summed E-state index contributed by atoms with van der Waals surface area (Å²) in [5.74, 6) is -0.641. The summed E-state index contributed by atoms with van der Waals surface area (Å²) in [5, 5.41) is 10.5. The van der Waals surface area contributed by atoms with E-state index in [4.69, 9.17) is 37.0 Å². The van der Waals surface area contributed by atoms with Crippen LogP contribution in [0.4, 0.5) is 0 Å². The van der Waals surface area contributed by atoms with Gasteiger partial charge in [-0.25, -0.2) is 9.13 Å². The topological polar surface area (TPSA) is 237 Å². The van der Waals surface area contributed by atoms with Crippen LogP contribution >= 0.6 is 15.6 Å². The van der Waals surface area contributed by atoms with Crippen LogP contribution in [0, 0.1) is 11.8 Å². The van der Waals surface area contributed by atoms with Gasteiger partial charge in [-0.3, -0.25) is 37.3 Å². The zero-order chi connectivity index (χ0) is 62.2. The first-order valence-corrected chi connectivity index (χ1v) is 37.0. The lowest BCUT2D eigenvalue weighted by atomic mass is 10.0. The largest absolute Gasteiger partial charge is 0.472 e. The molecule has 0 spiro atoms. The third-order valence-electron chi connectivity index (χ3n) is 15.0. The zero-order valence-electron chi connectivity index (χ0n) is 54.2. The molecule has 3 N–H and O–H groups in total. The second kappa shape index (κ2) is 57.5. The summed E-state index contributed by atoms with van der Waals surface area (Å²) in [6.07, 6.45) is 40.3. The molecule has 0 aliphatic rings. The number of hydrogen-bond donors (Lipinski definition) is 3. The van der Waals surface area contributed by atoms with Crippen molar-refractivity contribution in [3.63, 3.8) is 0 Å². The average Bonchev–Trinajstić information content (AvgIpc) is 3.50. The van der Waals surface area contributed by atoms with Crippen LogP contribution in [0.1, 0.15) is 324 Å². The first-order valence-electron chi connectivity index (χ1n) is 34.0. The number of aliphatic hydroxyl groups is 1. The first kappa shape index (κ1) is 82.1. The molecule has 0 aromatic rings. The van der Waals surface area contributed by atoms with E-state index in [0.29, 0.717) is 25.7 Å². The molecule has 0 radical (unpaired) electrons. The molecule has 0 aromatic carbocycles. The smallest absolute Gasteiger partial charge is 0.462 e. The van der Waals surface area contributed by atoms with E-state index >= 15 is 0 Å². The summed E-state index contributed by atoms with van der Waals surface area (Å²) in [6, 6.07) is 0. The summed E-state index contributed by atoms with van der Waals surface area (Å²) in [4.78, 5) is 72.2. The number of ether oxygens (including phenoxy) is 4. The van der Waals surface area contributed by atoms with E-state index < -0.39 is 97.5 Å². The van der Waals surface area contributed by atoms with Crippen molar-refractivity contribution in [1.29, 1.82) is 0 Å². The van der Waals surface area contributed by atoms with E-state index in [1.807, 2.05) is 0 Å². The fourth-order valence-corrected chi connectivity index (χ4v) is 11.3. The highest BCUT2D eigenvalue weighted by atomic mass is 31.2. The monoisotopic (exact) mass is 1240 g/mol. The predicted molar refractivity (Wildman–Crippen MR) is 335 cm³/mol. The number of aliphatic hydroxyl groups excluding tert-OH is 1. The van der Waals surface area contributed by atoms with E-state index in [9.17, 15) is 43.2 Å². The molecule has 0 amide bonds. The van der Waals surface area contributed by atoms with Crippen LogP contribution < -0.4 is 0 Å². The number of hydrogen-bond acceptors (Lipinski definition) is 15. The molecule has 0 fully saturated rings.